The zero-order valence-electron chi connectivity index (χ0n) is 10.6. The van der Waals surface area contributed by atoms with Gasteiger partial charge >= 0.3 is 12.0 Å². The monoisotopic (exact) mass is 273 g/mol. The quantitative estimate of drug-likeness (QED) is 0.546. The van der Waals surface area contributed by atoms with E-state index in [0.717, 1.165) is 4.90 Å². The normalized spacial score (nSPS) is 16.7. The number of imide groups is 1. The van der Waals surface area contributed by atoms with Crippen molar-refractivity contribution in [1.82, 2.24) is 15.1 Å². The molecule has 0 aromatic heterocycles. The zero-order chi connectivity index (χ0) is 14.6. The third kappa shape index (κ3) is 3.65. The summed E-state index contributed by atoms with van der Waals surface area (Å²) in [5.74, 6) is -2.49. The molecule has 1 unspecified atom stereocenters. The molecule has 1 fully saturated rings. The highest BCUT2D eigenvalue weighted by molar-refractivity contribution is 6.04. The standard InChI is InChI=1S/C10H15N3O6/c1-12-4-8(15)13(10(12)18)3-7(14)11-6(5-19-2)9(16)17/h6H,3-5H2,1-2H3,(H,11,14)(H,16,17). The molecule has 1 saturated heterocycles. The molecule has 19 heavy (non-hydrogen) atoms. The fourth-order valence-electron chi connectivity index (χ4n) is 1.55. The highest BCUT2D eigenvalue weighted by atomic mass is 16.5. The molecule has 9 nitrogen and oxygen atoms in total. The second-order valence-electron chi connectivity index (χ2n) is 4.03. The molecule has 0 spiro atoms. The van der Waals surface area contributed by atoms with Crippen LogP contribution in [0.25, 0.3) is 0 Å². The minimum absolute atomic E-state index is 0.0907. The minimum Gasteiger partial charge on any atom is -0.480 e. The van der Waals surface area contributed by atoms with Gasteiger partial charge in [0, 0.05) is 14.2 Å². The Morgan fingerprint density at radius 2 is 2.11 bits per heavy atom. The summed E-state index contributed by atoms with van der Waals surface area (Å²) in [6.07, 6.45) is 0. The number of hydrogen-bond acceptors (Lipinski definition) is 5. The Bertz CT molecular complexity index is 410. The fourth-order valence-corrected chi connectivity index (χ4v) is 1.55. The van der Waals surface area contributed by atoms with Crippen molar-refractivity contribution in [1.29, 1.82) is 0 Å². The lowest BCUT2D eigenvalue weighted by molar-refractivity contribution is -0.143. The third-order valence-corrected chi connectivity index (χ3v) is 2.50. The van der Waals surface area contributed by atoms with Crippen molar-refractivity contribution in [3.05, 3.63) is 0 Å². The highest BCUT2D eigenvalue weighted by Crippen LogP contribution is 2.06. The summed E-state index contributed by atoms with van der Waals surface area (Å²) in [7, 11) is 2.73. The van der Waals surface area contributed by atoms with Crippen LogP contribution < -0.4 is 5.32 Å². The molecule has 4 amide bonds. The van der Waals surface area contributed by atoms with Gasteiger partial charge in [-0.05, 0) is 0 Å². The van der Waals surface area contributed by atoms with E-state index in [4.69, 9.17) is 5.11 Å². The number of aliphatic carboxylic acids is 1. The average Bonchev–Trinajstić information content (AvgIpc) is 2.55. The van der Waals surface area contributed by atoms with Gasteiger partial charge in [0.25, 0.3) is 5.91 Å². The summed E-state index contributed by atoms with van der Waals surface area (Å²) < 4.78 is 4.64. The molecule has 9 heteroatoms. The van der Waals surface area contributed by atoms with E-state index in [-0.39, 0.29) is 13.2 Å². The molecule has 2 N–H and O–H groups in total. The van der Waals surface area contributed by atoms with E-state index in [0.29, 0.717) is 0 Å². The van der Waals surface area contributed by atoms with Gasteiger partial charge in [0.15, 0.2) is 6.04 Å². The summed E-state index contributed by atoms with van der Waals surface area (Å²) in [6, 6.07) is -1.80. The van der Waals surface area contributed by atoms with Gasteiger partial charge < -0.3 is 20.1 Å². The van der Waals surface area contributed by atoms with Crippen LogP contribution in [0.3, 0.4) is 0 Å². The Labute approximate surface area is 109 Å². The number of likely N-dealkylation sites (N-methyl/N-ethyl adjacent to an activating group) is 1. The number of carboxylic acid groups (broad SMARTS) is 1. The largest absolute Gasteiger partial charge is 0.480 e. The van der Waals surface area contributed by atoms with E-state index in [2.05, 4.69) is 10.1 Å². The van der Waals surface area contributed by atoms with E-state index in [1.165, 1.54) is 19.1 Å². The maximum atomic E-state index is 11.6. The minimum atomic E-state index is -1.26. The maximum Gasteiger partial charge on any atom is 0.328 e. The maximum absolute atomic E-state index is 11.6. The molecule has 1 aliphatic heterocycles. The number of nitrogens with zero attached hydrogens (tertiary/aromatic N) is 2. The molecule has 0 bridgehead atoms. The smallest absolute Gasteiger partial charge is 0.328 e. The van der Waals surface area contributed by atoms with Crippen molar-refractivity contribution < 1.29 is 29.0 Å². The Balaban J connectivity index is 2.57. The lowest BCUT2D eigenvalue weighted by atomic mass is 10.3. The molecule has 0 saturated carbocycles. The fraction of sp³-hybridized carbons (Fsp3) is 0.600. The van der Waals surface area contributed by atoms with Gasteiger partial charge in [-0.1, -0.05) is 0 Å². The van der Waals surface area contributed by atoms with Crippen LogP contribution in [0.1, 0.15) is 0 Å². The van der Waals surface area contributed by atoms with Crippen molar-refractivity contribution >= 4 is 23.8 Å². The zero-order valence-corrected chi connectivity index (χ0v) is 10.6. The summed E-state index contributed by atoms with van der Waals surface area (Å²) in [5, 5.41) is 11.0. The second-order valence-corrected chi connectivity index (χ2v) is 4.03. The first-order valence-electron chi connectivity index (χ1n) is 5.43. The number of carboxylic acids is 1. The van der Waals surface area contributed by atoms with E-state index >= 15 is 0 Å². The third-order valence-electron chi connectivity index (χ3n) is 2.50. The van der Waals surface area contributed by atoms with Crippen molar-refractivity contribution in [2.24, 2.45) is 0 Å². The molecule has 1 heterocycles. The Kier molecular flexibility index (Phi) is 4.81. The van der Waals surface area contributed by atoms with Crippen LogP contribution in [-0.2, 0) is 19.1 Å². The van der Waals surface area contributed by atoms with Crippen LogP contribution in [0.4, 0.5) is 4.79 Å². The van der Waals surface area contributed by atoms with Gasteiger partial charge in [-0.25, -0.2) is 9.59 Å². The molecule has 1 rings (SSSR count). The van der Waals surface area contributed by atoms with Crippen molar-refractivity contribution in [3.8, 4) is 0 Å². The number of carbonyl (C=O) groups is 4. The summed E-state index contributed by atoms with van der Waals surface area (Å²) in [5.41, 5.74) is 0. The van der Waals surface area contributed by atoms with Crippen LogP contribution in [0.2, 0.25) is 0 Å². The molecule has 106 valence electrons. The SMILES string of the molecule is COCC(NC(=O)CN1C(=O)CN(C)C1=O)C(=O)O. The van der Waals surface area contributed by atoms with Gasteiger partial charge in [0.05, 0.1) is 6.61 Å². The Hall–Kier alpha value is -2.16. The summed E-state index contributed by atoms with van der Waals surface area (Å²) >= 11 is 0. The van der Waals surface area contributed by atoms with E-state index in [1.807, 2.05) is 0 Å². The molecule has 0 aliphatic carbocycles. The first kappa shape index (κ1) is 14.9. The van der Waals surface area contributed by atoms with Crippen LogP contribution in [0.5, 0.6) is 0 Å². The highest BCUT2D eigenvalue weighted by Gasteiger charge is 2.35. The van der Waals surface area contributed by atoms with E-state index < -0.39 is 36.4 Å². The molecular weight excluding hydrogens is 258 g/mol. The van der Waals surface area contributed by atoms with Gasteiger partial charge in [-0.3, -0.25) is 14.5 Å². The average molecular weight is 273 g/mol. The van der Waals surface area contributed by atoms with Crippen LogP contribution >= 0.6 is 0 Å². The van der Waals surface area contributed by atoms with Crippen LogP contribution in [-0.4, -0.2) is 78.6 Å². The first-order chi connectivity index (χ1) is 8.86. The lowest BCUT2D eigenvalue weighted by Gasteiger charge is -2.17. The van der Waals surface area contributed by atoms with Crippen LogP contribution in [0.15, 0.2) is 0 Å². The topological polar surface area (TPSA) is 116 Å². The number of ether oxygens (including phenoxy) is 1. The number of amides is 4. The Morgan fingerprint density at radius 3 is 2.53 bits per heavy atom. The van der Waals surface area contributed by atoms with Crippen molar-refractivity contribution in [3.63, 3.8) is 0 Å². The number of rotatable bonds is 6. The van der Waals surface area contributed by atoms with Gasteiger partial charge in [0.2, 0.25) is 5.91 Å². The number of carbonyl (C=O) groups excluding carboxylic acids is 3. The second kappa shape index (κ2) is 6.14. The lowest BCUT2D eigenvalue weighted by Crippen LogP contribution is -2.48. The number of urea groups is 1. The summed E-state index contributed by atoms with van der Waals surface area (Å²) in [6.45, 7) is -0.801. The number of methoxy groups -OCH3 is 1. The molecule has 0 radical (unpaired) electrons. The molecule has 1 aliphatic rings. The van der Waals surface area contributed by atoms with Crippen molar-refractivity contribution in [2.75, 3.05) is 33.9 Å². The van der Waals surface area contributed by atoms with Crippen LogP contribution in [0, 0.1) is 0 Å². The molecule has 0 aromatic rings. The van der Waals surface area contributed by atoms with Gasteiger partial charge in [-0.2, -0.15) is 0 Å². The molecule has 1 atom stereocenters. The van der Waals surface area contributed by atoms with E-state index in [9.17, 15) is 19.2 Å². The van der Waals surface area contributed by atoms with Gasteiger partial charge in [-0.15, -0.1) is 0 Å². The number of hydrogen-bond donors (Lipinski definition) is 2. The summed E-state index contributed by atoms with van der Waals surface area (Å²) in [4.78, 5) is 47.2. The van der Waals surface area contributed by atoms with E-state index in [1.54, 1.807) is 0 Å². The molecular formula is C10H15N3O6. The Morgan fingerprint density at radius 1 is 1.47 bits per heavy atom. The van der Waals surface area contributed by atoms with Gasteiger partial charge in [0.1, 0.15) is 13.1 Å². The predicted octanol–water partition coefficient (Wildman–Crippen LogP) is -1.90. The number of nitrogens with one attached hydrogen (secondary N) is 1. The molecule has 0 aromatic carbocycles. The predicted molar refractivity (Wildman–Crippen MR) is 61.2 cm³/mol. The first-order valence-corrected chi connectivity index (χ1v) is 5.43. The van der Waals surface area contributed by atoms with Crippen molar-refractivity contribution in [2.45, 2.75) is 6.04 Å².